The van der Waals surface area contributed by atoms with E-state index in [1.54, 1.807) is 28.4 Å². The average Bonchev–Trinajstić information content (AvgIpc) is 3.40. The molecule has 0 bridgehead atoms. The summed E-state index contributed by atoms with van der Waals surface area (Å²) in [7, 11) is 6.64. The summed E-state index contributed by atoms with van der Waals surface area (Å²) in [6.07, 6.45) is 4.38. The van der Waals surface area contributed by atoms with Crippen molar-refractivity contribution >= 4 is 16.8 Å². The van der Waals surface area contributed by atoms with Crippen LogP contribution in [0, 0.1) is 5.82 Å². The topological polar surface area (TPSA) is 46.2 Å². The fourth-order valence-electron chi connectivity index (χ4n) is 7.79. The molecule has 0 amide bonds. The van der Waals surface area contributed by atoms with Gasteiger partial charge in [0.25, 0.3) is 0 Å². The van der Waals surface area contributed by atoms with Gasteiger partial charge in [-0.1, -0.05) is 68.5 Å². The lowest BCUT2D eigenvalue weighted by atomic mass is 9.76. The number of methoxy groups -OCH3 is 4. The van der Waals surface area contributed by atoms with E-state index >= 15 is 0 Å². The zero-order chi connectivity index (χ0) is 34.8. The van der Waals surface area contributed by atoms with E-state index in [1.165, 1.54) is 23.3 Å². The van der Waals surface area contributed by atoms with Gasteiger partial charge in [0.05, 0.1) is 28.4 Å². The summed E-state index contributed by atoms with van der Waals surface area (Å²) in [5, 5.41) is 1.92. The largest absolute Gasteiger partial charge is 0.497 e. The predicted molar refractivity (Wildman–Crippen MR) is 196 cm³/mol. The molecule has 8 rings (SSSR count). The molecule has 0 N–H and O–H groups in total. The molecule has 1 heterocycles. The predicted octanol–water partition coefficient (Wildman–Crippen LogP) is 10.3. The van der Waals surface area contributed by atoms with E-state index in [0.29, 0.717) is 11.5 Å². The third-order valence-electron chi connectivity index (χ3n) is 10.4. The first-order valence-corrected chi connectivity index (χ1v) is 16.6. The maximum atomic E-state index is 13.8. The van der Waals surface area contributed by atoms with E-state index in [2.05, 4.69) is 50.3 Å². The second-order valence-electron chi connectivity index (χ2n) is 13.3. The van der Waals surface area contributed by atoms with Crippen molar-refractivity contribution in [3.63, 3.8) is 0 Å². The van der Waals surface area contributed by atoms with Gasteiger partial charge in [0, 0.05) is 27.5 Å². The number of halogens is 1. The first-order valence-electron chi connectivity index (χ1n) is 16.6. The maximum absolute atomic E-state index is 13.8. The zero-order valence-corrected chi connectivity index (χ0v) is 28.9. The van der Waals surface area contributed by atoms with E-state index in [-0.39, 0.29) is 5.82 Å². The highest BCUT2D eigenvalue weighted by Gasteiger charge is 2.44. The molecule has 250 valence electrons. The normalized spacial score (nSPS) is 14.7. The highest BCUT2D eigenvalue weighted by molar-refractivity contribution is 6.09. The number of rotatable bonds is 7. The van der Waals surface area contributed by atoms with E-state index < -0.39 is 11.0 Å². The summed E-state index contributed by atoms with van der Waals surface area (Å²) in [6, 6.07) is 33.3. The van der Waals surface area contributed by atoms with Gasteiger partial charge >= 0.3 is 0 Å². The minimum absolute atomic E-state index is 0.253. The van der Waals surface area contributed by atoms with Crippen LogP contribution in [-0.2, 0) is 11.0 Å². The van der Waals surface area contributed by atoms with Crippen LogP contribution < -0.4 is 23.7 Å². The molecule has 1 aliphatic heterocycles. The minimum Gasteiger partial charge on any atom is -0.497 e. The number of ether oxygens (including phenoxy) is 5. The third-order valence-corrected chi connectivity index (χ3v) is 10.4. The third kappa shape index (κ3) is 4.66. The van der Waals surface area contributed by atoms with Crippen molar-refractivity contribution in [3.05, 3.63) is 143 Å². The Balaban J connectivity index is 1.41. The molecule has 50 heavy (non-hydrogen) atoms. The van der Waals surface area contributed by atoms with Gasteiger partial charge in [-0.05, 0) is 99.4 Å². The molecule has 0 unspecified atom stereocenters. The van der Waals surface area contributed by atoms with Crippen molar-refractivity contribution in [1.29, 1.82) is 0 Å². The number of benzene rings is 6. The van der Waals surface area contributed by atoms with Crippen molar-refractivity contribution in [3.8, 4) is 51.0 Å². The van der Waals surface area contributed by atoms with E-state index in [1.807, 2.05) is 66.7 Å². The van der Waals surface area contributed by atoms with Gasteiger partial charge < -0.3 is 23.7 Å². The average molecular weight is 665 g/mol. The summed E-state index contributed by atoms with van der Waals surface area (Å²) in [5.74, 6) is 3.28. The molecule has 0 saturated carbocycles. The summed E-state index contributed by atoms with van der Waals surface area (Å²) in [5.41, 5.74) is 8.19. The molecule has 0 radical (unpaired) electrons. The van der Waals surface area contributed by atoms with Crippen LogP contribution in [0.25, 0.3) is 39.1 Å². The first kappa shape index (κ1) is 31.5. The molecule has 0 atom stereocenters. The molecule has 2 aliphatic rings. The summed E-state index contributed by atoms with van der Waals surface area (Å²) >= 11 is 0. The van der Waals surface area contributed by atoms with Crippen molar-refractivity contribution in [2.75, 3.05) is 28.4 Å². The summed E-state index contributed by atoms with van der Waals surface area (Å²) in [4.78, 5) is 0. The standard InChI is InChI=1S/C44H37FO5/c1-43(2)37-23-27(26-7-14-30(45)15-8-26)9-20-33(37)40-35-24-38(48-5)39(49-6)25-36(35)42-34(41(40)43)21-22-44(50-42,28-10-16-31(46-3)17-11-28)29-12-18-32(47-4)19-13-29/h7-25H,1-6H3. The lowest BCUT2D eigenvalue weighted by Crippen LogP contribution is -2.35. The van der Waals surface area contributed by atoms with E-state index in [9.17, 15) is 4.39 Å². The molecule has 6 aromatic carbocycles. The van der Waals surface area contributed by atoms with Gasteiger partial charge in [0.2, 0.25) is 0 Å². The Labute approximate surface area is 291 Å². The van der Waals surface area contributed by atoms with Crippen molar-refractivity contribution in [2.24, 2.45) is 0 Å². The molecule has 5 nitrogen and oxygen atoms in total. The second kappa shape index (κ2) is 11.7. The lowest BCUT2D eigenvalue weighted by Gasteiger charge is -2.38. The Morgan fingerprint density at radius 3 is 1.72 bits per heavy atom. The van der Waals surface area contributed by atoms with E-state index in [4.69, 9.17) is 23.7 Å². The molecular weight excluding hydrogens is 627 g/mol. The first-order chi connectivity index (χ1) is 24.2. The molecule has 0 spiro atoms. The van der Waals surface area contributed by atoms with Crippen LogP contribution in [0.2, 0.25) is 0 Å². The van der Waals surface area contributed by atoms with Crippen LogP contribution in [0.1, 0.15) is 41.7 Å². The monoisotopic (exact) mass is 664 g/mol. The van der Waals surface area contributed by atoms with Crippen molar-refractivity contribution in [2.45, 2.75) is 24.9 Å². The summed E-state index contributed by atoms with van der Waals surface area (Å²) in [6.45, 7) is 4.53. The Morgan fingerprint density at radius 2 is 1.16 bits per heavy atom. The van der Waals surface area contributed by atoms with Crippen LogP contribution in [0.3, 0.4) is 0 Å². The Morgan fingerprint density at radius 1 is 0.600 bits per heavy atom. The van der Waals surface area contributed by atoms with Crippen LogP contribution in [0.15, 0.2) is 109 Å². The van der Waals surface area contributed by atoms with Crippen LogP contribution in [0.4, 0.5) is 4.39 Å². The van der Waals surface area contributed by atoms with Crippen molar-refractivity contribution < 1.29 is 28.1 Å². The SMILES string of the molecule is COc1ccc(C2(c3ccc(OC)cc3)C=Cc3c4c(c5cc(OC)c(OC)cc5c3O2)-c2ccc(-c3ccc(F)cc3)cc2C4(C)C)cc1. The highest BCUT2D eigenvalue weighted by atomic mass is 19.1. The molecule has 6 aromatic rings. The smallest absolute Gasteiger partial charge is 0.178 e. The van der Waals surface area contributed by atoms with Gasteiger partial charge in [-0.15, -0.1) is 0 Å². The Kier molecular flexibility index (Phi) is 7.37. The Bertz CT molecular complexity index is 2260. The van der Waals surface area contributed by atoms with Crippen molar-refractivity contribution in [1.82, 2.24) is 0 Å². The van der Waals surface area contributed by atoms with Crippen LogP contribution in [0.5, 0.6) is 28.7 Å². The van der Waals surface area contributed by atoms with E-state index in [0.717, 1.165) is 67.0 Å². The van der Waals surface area contributed by atoms with Gasteiger partial charge in [-0.25, -0.2) is 4.39 Å². The number of hydrogen-bond acceptors (Lipinski definition) is 5. The maximum Gasteiger partial charge on any atom is 0.178 e. The van der Waals surface area contributed by atoms with Gasteiger partial charge in [0.1, 0.15) is 23.1 Å². The lowest BCUT2D eigenvalue weighted by molar-refractivity contribution is 0.163. The Hall–Kier alpha value is -5.75. The summed E-state index contributed by atoms with van der Waals surface area (Å²) < 4.78 is 44.0. The van der Waals surface area contributed by atoms with Crippen LogP contribution in [-0.4, -0.2) is 28.4 Å². The molecule has 0 saturated heterocycles. The molecule has 1 aliphatic carbocycles. The van der Waals surface area contributed by atoms with Gasteiger partial charge in [0.15, 0.2) is 17.1 Å². The van der Waals surface area contributed by atoms with Gasteiger partial charge in [-0.3, -0.25) is 0 Å². The highest BCUT2D eigenvalue weighted by Crippen LogP contribution is 2.59. The fraction of sp³-hybridized carbons (Fsp3) is 0.182. The zero-order valence-electron chi connectivity index (χ0n) is 28.9. The molecule has 0 fully saturated rings. The second-order valence-corrected chi connectivity index (χ2v) is 13.3. The fourth-order valence-corrected chi connectivity index (χ4v) is 7.79. The molecular formula is C44H37FO5. The number of fused-ring (bicyclic) bond motifs is 8. The number of hydrogen-bond donors (Lipinski definition) is 0. The molecule has 0 aromatic heterocycles. The quantitative estimate of drug-likeness (QED) is 0.170. The van der Waals surface area contributed by atoms with Crippen LogP contribution >= 0.6 is 0 Å². The van der Waals surface area contributed by atoms with Gasteiger partial charge in [-0.2, -0.15) is 0 Å². The molecule has 6 heteroatoms. The minimum atomic E-state index is -0.967.